The van der Waals surface area contributed by atoms with Crippen LogP contribution in [-0.2, 0) is 4.79 Å². The second kappa shape index (κ2) is 17.5. The molecule has 1 atom stereocenters. The van der Waals surface area contributed by atoms with E-state index in [0.29, 0.717) is 6.42 Å². The molecule has 1 amide bonds. The van der Waals surface area contributed by atoms with E-state index in [1.807, 2.05) is 21.6 Å². The molecule has 1 fully saturated rings. The van der Waals surface area contributed by atoms with Crippen molar-refractivity contribution in [3.8, 4) is 0 Å². The molecule has 1 heterocycles. The van der Waals surface area contributed by atoms with Crippen molar-refractivity contribution in [1.82, 2.24) is 16.0 Å². The Morgan fingerprint density at radius 2 is 1.64 bits per heavy atom. The average Bonchev–Trinajstić information content (AvgIpc) is 3.13. The average molecular weight is 391 g/mol. The van der Waals surface area contributed by atoms with Crippen LogP contribution >= 0.6 is 21.6 Å². The van der Waals surface area contributed by atoms with Crippen LogP contribution in [0, 0.1) is 0 Å². The molecule has 148 valence electrons. The molecule has 0 saturated carbocycles. The van der Waals surface area contributed by atoms with Crippen molar-refractivity contribution >= 4 is 27.5 Å². The van der Waals surface area contributed by atoms with E-state index in [2.05, 4.69) is 16.0 Å². The molecule has 1 unspecified atom stereocenters. The predicted octanol–water partition coefficient (Wildman–Crippen LogP) is 2.52. The van der Waals surface area contributed by atoms with Crippen molar-refractivity contribution in [2.75, 3.05) is 45.0 Å². The first-order chi connectivity index (χ1) is 12.3. The highest BCUT2D eigenvalue weighted by atomic mass is 33.1. The fourth-order valence-corrected chi connectivity index (χ4v) is 5.76. The van der Waals surface area contributed by atoms with Crippen molar-refractivity contribution in [1.29, 1.82) is 0 Å². The summed E-state index contributed by atoms with van der Waals surface area (Å²) in [5, 5.41) is 10.7. The lowest BCUT2D eigenvalue weighted by molar-refractivity contribution is -0.121. The standard InChI is InChI=1S/C18H38N4OS2/c19-10-5-13-20-11-3-4-12-21-14-6-15-22-18(23)8-2-1-7-17-9-16-24-25-17/h17,20-21H,1-16,19H2,(H,22,23). The molecule has 0 radical (unpaired) electrons. The van der Waals surface area contributed by atoms with Crippen molar-refractivity contribution in [2.45, 2.75) is 63.0 Å². The van der Waals surface area contributed by atoms with E-state index in [9.17, 15) is 4.79 Å². The van der Waals surface area contributed by atoms with Gasteiger partial charge in [0.25, 0.3) is 0 Å². The summed E-state index contributed by atoms with van der Waals surface area (Å²) < 4.78 is 0. The van der Waals surface area contributed by atoms with Gasteiger partial charge in [-0.25, -0.2) is 0 Å². The van der Waals surface area contributed by atoms with E-state index in [-0.39, 0.29) is 5.91 Å². The zero-order chi connectivity index (χ0) is 18.0. The van der Waals surface area contributed by atoms with Gasteiger partial charge in [-0.3, -0.25) is 4.79 Å². The van der Waals surface area contributed by atoms with Gasteiger partial charge in [0.2, 0.25) is 5.91 Å². The molecule has 1 saturated heterocycles. The van der Waals surface area contributed by atoms with Crippen LogP contribution in [0.5, 0.6) is 0 Å². The molecule has 25 heavy (non-hydrogen) atoms. The number of carbonyl (C=O) groups excluding carboxylic acids is 1. The highest BCUT2D eigenvalue weighted by Gasteiger charge is 2.15. The summed E-state index contributed by atoms with van der Waals surface area (Å²) in [5.41, 5.74) is 5.44. The molecule has 0 aromatic rings. The molecule has 7 heteroatoms. The quantitative estimate of drug-likeness (QED) is 0.226. The Balaban J connectivity index is 1.73. The fourth-order valence-electron chi connectivity index (χ4n) is 2.73. The van der Waals surface area contributed by atoms with Gasteiger partial charge in [0, 0.05) is 24.0 Å². The minimum absolute atomic E-state index is 0.219. The minimum Gasteiger partial charge on any atom is -0.356 e. The van der Waals surface area contributed by atoms with Crippen molar-refractivity contribution < 1.29 is 4.79 Å². The Labute approximate surface area is 162 Å². The second-order valence-electron chi connectivity index (χ2n) is 6.63. The molecule has 5 nitrogen and oxygen atoms in total. The normalized spacial score (nSPS) is 17.1. The number of nitrogens with one attached hydrogen (secondary N) is 3. The third-order valence-electron chi connectivity index (χ3n) is 4.27. The Bertz CT molecular complexity index is 315. The van der Waals surface area contributed by atoms with Gasteiger partial charge in [-0.1, -0.05) is 28.0 Å². The number of hydrogen-bond acceptors (Lipinski definition) is 6. The first-order valence-corrected chi connectivity index (χ1v) is 12.4. The number of unbranched alkanes of at least 4 members (excludes halogenated alkanes) is 2. The summed E-state index contributed by atoms with van der Waals surface area (Å²) in [7, 11) is 4.03. The highest BCUT2D eigenvalue weighted by molar-refractivity contribution is 8.77. The topological polar surface area (TPSA) is 79.2 Å². The van der Waals surface area contributed by atoms with E-state index >= 15 is 0 Å². The van der Waals surface area contributed by atoms with Crippen LogP contribution < -0.4 is 21.7 Å². The van der Waals surface area contributed by atoms with Gasteiger partial charge in [-0.05, 0) is 77.7 Å². The molecule has 1 aliphatic rings. The van der Waals surface area contributed by atoms with Crippen LogP contribution in [0.25, 0.3) is 0 Å². The zero-order valence-corrected chi connectivity index (χ0v) is 17.3. The van der Waals surface area contributed by atoms with Crippen LogP contribution in [0.4, 0.5) is 0 Å². The Morgan fingerprint density at radius 3 is 2.32 bits per heavy atom. The number of amides is 1. The summed E-state index contributed by atoms with van der Waals surface area (Å²) in [6.45, 7) is 5.71. The number of nitrogens with two attached hydrogens (primary N) is 1. The SMILES string of the molecule is NCCCNCCCCNCCCNC(=O)CCCCC1CCSS1. The largest absolute Gasteiger partial charge is 0.356 e. The smallest absolute Gasteiger partial charge is 0.219 e. The molecule has 0 spiro atoms. The van der Waals surface area contributed by atoms with Gasteiger partial charge in [0.1, 0.15) is 0 Å². The minimum atomic E-state index is 0.219. The lowest BCUT2D eigenvalue weighted by atomic mass is 10.1. The first-order valence-electron chi connectivity index (χ1n) is 9.99. The summed E-state index contributed by atoms with van der Waals surface area (Å²) in [5.74, 6) is 1.52. The molecule has 1 rings (SSSR count). The van der Waals surface area contributed by atoms with Gasteiger partial charge in [0.15, 0.2) is 0 Å². The first kappa shape index (κ1) is 23.1. The third-order valence-corrected chi connectivity index (χ3v) is 7.28. The van der Waals surface area contributed by atoms with Crippen molar-refractivity contribution in [3.63, 3.8) is 0 Å². The maximum absolute atomic E-state index is 11.8. The number of hydrogen-bond donors (Lipinski definition) is 4. The fraction of sp³-hybridized carbons (Fsp3) is 0.944. The van der Waals surface area contributed by atoms with Gasteiger partial charge in [-0.15, -0.1) is 0 Å². The number of rotatable bonds is 17. The number of carbonyl (C=O) groups is 1. The van der Waals surface area contributed by atoms with E-state index in [0.717, 1.165) is 63.8 Å². The molecule has 0 aromatic carbocycles. The van der Waals surface area contributed by atoms with Crippen molar-refractivity contribution in [3.05, 3.63) is 0 Å². The van der Waals surface area contributed by atoms with Gasteiger partial charge in [0.05, 0.1) is 0 Å². The monoisotopic (exact) mass is 390 g/mol. The van der Waals surface area contributed by atoms with E-state index in [4.69, 9.17) is 5.73 Å². The second-order valence-corrected chi connectivity index (χ2v) is 9.42. The van der Waals surface area contributed by atoms with Gasteiger partial charge in [-0.2, -0.15) is 0 Å². The predicted molar refractivity (Wildman–Crippen MR) is 113 cm³/mol. The Hall–Kier alpha value is 0.0500. The molecule has 0 bridgehead atoms. The molecule has 1 aliphatic heterocycles. The molecule has 0 aromatic heterocycles. The Morgan fingerprint density at radius 1 is 0.920 bits per heavy atom. The molecule has 0 aliphatic carbocycles. The van der Waals surface area contributed by atoms with Crippen LogP contribution in [-0.4, -0.2) is 56.2 Å². The zero-order valence-electron chi connectivity index (χ0n) is 15.7. The van der Waals surface area contributed by atoms with E-state index < -0.39 is 0 Å². The summed E-state index contributed by atoms with van der Waals surface area (Å²) in [6.07, 6.45) is 10.00. The molecular weight excluding hydrogens is 352 g/mol. The summed E-state index contributed by atoms with van der Waals surface area (Å²) in [6, 6.07) is 0. The molecule has 5 N–H and O–H groups in total. The maximum atomic E-state index is 11.8. The van der Waals surface area contributed by atoms with Gasteiger partial charge >= 0.3 is 0 Å². The molecular formula is C18H38N4OS2. The summed E-state index contributed by atoms with van der Waals surface area (Å²) in [4.78, 5) is 11.8. The third kappa shape index (κ3) is 14.9. The van der Waals surface area contributed by atoms with E-state index in [1.54, 1.807) is 0 Å². The summed E-state index contributed by atoms with van der Waals surface area (Å²) >= 11 is 0. The maximum Gasteiger partial charge on any atom is 0.219 e. The highest BCUT2D eigenvalue weighted by Crippen LogP contribution is 2.39. The van der Waals surface area contributed by atoms with Crippen molar-refractivity contribution in [2.24, 2.45) is 5.73 Å². The lowest BCUT2D eigenvalue weighted by Gasteiger charge is -2.08. The van der Waals surface area contributed by atoms with E-state index in [1.165, 1.54) is 37.9 Å². The van der Waals surface area contributed by atoms with Crippen LogP contribution in [0.15, 0.2) is 0 Å². The Kier molecular flexibility index (Phi) is 16.1. The van der Waals surface area contributed by atoms with Crippen LogP contribution in [0.3, 0.4) is 0 Å². The lowest BCUT2D eigenvalue weighted by Crippen LogP contribution is -2.27. The van der Waals surface area contributed by atoms with Crippen LogP contribution in [0.1, 0.15) is 57.8 Å². The van der Waals surface area contributed by atoms with Crippen LogP contribution in [0.2, 0.25) is 0 Å². The van der Waals surface area contributed by atoms with Gasteiger partial charge < -0.3 is 21.7 Å².